The van der Waals surface area contributed by atoms with Crippen LogP contribution in [0.5, 0.6) is 0 Å². The predicted octanol–water partition coefficient (Wildman–Crippen LogP) is 5.16. The average Bonchev–Trinajstić information content (AvgIpc) is 2.63. The maximum absolute atomic E-state index is 11.9. The van der Waals surface area contributed by atoms with Crippen molar-refractivity contribution in [3.05, 3.63) is 23.3 Å². The summed E-state index contributed by atoms with van der Waals surface area (Å²) in [4.78, 5) is 34.8. The van der Waals surface area contributed by atoms with Crippen LogP contribution in [0.15, 0.2) is 23.3 Å². The Labute approximate surface area is 192 Å². The lowest BCUT2D eigenvalue weighted by Crippen LogP contribution is -2.61. The number of carbonyl (C=O) groups excluding carboxylic acids is 3. The first-order valence-corrected chi connectivity index (χ1v) is 11.6. The van der Waals surface area contributed by atoms with Crippen molar-refractivity contribution in [2.45, 2.75) is 93.3 Å². The first kappa shape index (κ1) is 26.1. The van der Waals surface area contributed by atoms with Crippen molar-refractivity contribution in [1.29, 1.82) is 0 Å². The summed E-state index contributed by atoms with van der Waals surface area (Å²) >= 11 is 0. The van der Waals surface area contributed by atoms with Crippen LogP contribution in [0.2, 0.25) is 0 Å². The Bertz CT molecular complexity index is 792. The van der Waals surface area contributed by atoms with E-state index in [4.69, 9.17) is 14.2 Å². The lowest BCUT2D eigenvalue weighted by Gasteiger charge is -2.60. The van der Waals surface area contributed by atoms with Gasteiger partial charge < -0.3 is 14.2 Å². The van der Waals surface area contributed by atoms with Crippen molar-refractivity contribution in [3.8, 4) is 0 Å². The molecule has 180 valence electrons. The van der Waals surface area contributed by atoms with E-state index in [2.05, 4.69) is 40.7 Å². The van der Waals surface area contributed by atoms with E-state index in [1.165, 1.54) is 31.9 Å². The fraction of sp³-hybridized carbons (Fsp3) is 0.731. The van der Waals surface area contributed by atoms with E-state index >= 15 is 0 Å². The van der Waals surface area contributed by atoms with Gasteiger partial charge in [-0.3, -0.25) is 14.4 Å². The SMILES string of the molecule is CC(=O)OC/C=C(\C)CC[C@@H]1C(C)=CC[C@@H]2C(C)(C)[C@H](OC(C)=O)[C@H](OC(C)=O)C[C@@]12C. The Morgan fingerprint density at radius 3 is 2.22 bits per heavy atom. The Morgan fingerprint density at radius 1 is 1.03 bits per heavy atom. The van der Waals surface area contributed by atoms with Gasteiger partial charge in [0.15, 0.2) is 0 Å². The number of fused-ring (bicyclic) bond motifs is 1. The molecule has 6 nitrogen and oxygen atoms in total. The summed E-state index contributed by atoms with van der Waals surface area (Å²) < 4.78 is 16.5. The largest absolute Gasteiger partial charge is 0.462 e. The molecule has 0 spiro atoms. The third-order valence-electron chi connectivity index (χ3n) is 7.58. The maximum atomic E-state index is 11.9. The smallest absolute Gasteiger partial charge is 0.303 e. The van der Waals surface area contributed by atoms with E-state index < -0.39 is 12.2 Å². The molecule has 0 radical (unpaired) electrons. The van der Waals surface area contributed by atoms with Crippen LogP contribution in [0.25, 0.3) is 0 Å². The lowest BCUT2D eigenvalue weighted by molar-refractivity contribution is -0.212. The number of allylic oxidation sites excluding steroid dienone is 3. The summed E-state index contributed by atoms with van der Waals surface area (Å²) in [6.07, 6.45) is 6.77. The van der Waals surface area contributed by atoms with Gasteiger partial charge in [-0.2, -0.15) is 0 Å². The second kappa shape index (κ2) is 10.2. The Balaban J connectivity index is 2.32. The third kappa shape index (κ3) is 5.81. The van der Waals surface area contributed by atoms with Crippen LogP contribution in [0.3, 0.4) is 0 Å². The normalized spacial score (nSPS) is 31.8. The third-order valence-corrected chi connectivity index (χ3v) is 7.58. The molecule has 0 unspecified atom stereocenters. The summed E-state index contributed by atoms with van der Waals surface area (Å²) in [5.41, 5.74) is 2.10. The zero-order chi connectivity index (χ0) is 24.3. The highest BCUT2D eigenvalue weighted by Crippen LogP contribution is 2.61. The standard InChI is InChI=1S/C26H40O6/c1-16(13-14-30-18(3)27)9-11-21-17(2)10-12-23-25(6,7)24(32-20(5)29)22(31-19(4)28)15-26(21,23)8/h10,13,21-24H,9,11-12,14-15H2,1-8H3/b16-13+/t21-,22-,23-,24-,26+/m1/s1. The van der Waals surface area contributed by atoms with E-state index in [0.29, 0.717) is 18.9 Å². The summed E-state index contributed by atoms with van der Waals surface area (Å²) in [5, 5.41) is 0. The van der Waals surface area contributed by atoms with Gasteiger partial charge in [0.2, 0.25) is 0 Å². The highest BCUT2D eigenvalue weighted by molar-refractivity contribution is 5.67. The first-order chi connectivity index (χ1) is 14.8. The van der Waals surface area contributed by atoms with Crippen molar-refractivity contribution in [1.82, 2.24) is 0 Å². The van der Waals surface area contributed by atoms with Crippen LogP contribution in [-0.4, -0.2) is 36.7 Å². The molecule has 5 atom stereocenters. The van der Waals surface area contributed by atoms with Crippen molar-refractivity contribution in [3.63, 3.8) is 0 Å². The second-order valence-electron chi connectivity index (χ2n) is 10.4. The Morgan fingerprint density at radius 2 is 1.66 bits per heavy atom. The monoisotopic (exact) mass is 448 g/mol. The molecule has 0 aliphatic heterocycles. The quantitative estimate of drug-likeness (QED) is 0.304. The van der Waals surface area contributed by atoms with Gasteiger partial charge in [-0.1, -0.05) is 38.0 Å². The minimum atomic E-state index is -0.472. The van der Waals surface area contributed by atoms with Gasteiger partial charge >= 0.3 is 17.9 Å². The molecular formula is C26H40O6. The molecule has 0 amide bonds. The number of esters is 3. The zero-order valence-corrected chi connectivity index (χ0v) is 20.9. The van der Waals surface area contributed by atoms with Crippen molar-refractivity contribution >= 4 is 17.9 Å². The van der Waals surface area contributed by atoms with Crippen molar-refractivity contribution < 1.29 is 28.6 Å². The van der Waals surface area contributed by atoms with Gasteiger partial charge in [-0.15, -0.1) is 0 Å². The Hall–Kier alpha value is -2.11. The van der Waals surface area contributed by atoms with Crippen LogP contribution >= 0.6 is 0 Å². The molecule has 0 heterocycles. The molecule has 1 saturated carbocycles. The lowest BCUT2D eigenvalue weighted by atomic mass is 9.46. The molecule has 32 heavy (non-hydrogen) atoms. The van der Waals surface area contributed by atoms with Gasteiger partial charge in [0, 0.05) is 26.2 Å². The first-order valence-electron chi connectivity index (χ1n) is 11.6. The highest BCUT2D eigenvalue weighted by atomic mass is 16.6. The van der Waals surface area contributed by atoms with E-state index in [9.17, 15) is 14.4 Å². The summed E-state index contributed by atoms with van der Waals surface area (Å²) in [5.74, 6) is -0.386. The van der Waals surface area contributed by atoms with Gasteiger partial charge in [0.05, 0.1) is 0 Å². The minimum absolute atomic E-state index is 0.102. The van der Waals surface area contributed by atoms with Gasteiger partial charge in [0.1, 0.15) is 18.8 Å². The van der Waals surface area contributed by atoms with Gasteiger partial charge in [-0.25, -0.2) is 0 Å². The predicted molar refractivity (Wildman–Crippen MR) is 123 cm³/mol. The maximum Gasteiger partial charge on any atom is 0.303 e. The minimum Gasteiger partial charge on any atom is -0.462 e. The molecule has 2 aliphatic carbocycles. The number of rotatable bonds is 7. The summed E-state index contributed by atoms with van der Waals surface area (Å²) in [6.45, 7) is 15.4. The molecule has 0 N–H and O–H groups in total. The molecule has 0 bridgehead atoms. The van der Waals surface area contributed by atoms with E-state index in [-0.39, 0.29) is 34.7 Å². The summed E-state index contributed by atoms with van der Waals surface area (Å²) in [7, 11) is 0. The van der Waals surface area contributed by atoms with Gasteiger partial charge in [-0.05, 0) is 62.9 Å². The highest BCUT2D eigenvalue weighted by Gasteiger charge is 2.60. The van der Waals surface area contributed by atoms with Crippen molar-refractivity contribution in [2.24, 2.45) is 22.7 Å². The molecule has 0 aromatic heterocycles. The fourth-order valence-electron chi connectivity index (χ4n) is 6.19. The molecular weight excluding hydrogens is 408 g/mol. The number of carbonyl (C=O) groups is 3. The molecule has 0 aromatic carbocycles. The van der Waals surface area contributed by atoms with Crippen LogP contribution < -0.4 is 0 Å². The van der Waals surface area contributed by atoms with E-state index in [1.54, 1.807) is 0 Å². The number of hydrogen-bond donors (Lipinski definition) is 0. The number of ether oxygens (including phenoxy) is 3. The zero-order valence-electron chi connectivity index (χ0n) is 20.9. The molecule has 2 aliphatic rings. The topological polar surface area (TPSA) is 78.9 Å². The van der Waals surface area contributed by atoms with E-state index in [1.807, 2.05) is 6.08 Å². The fourth-order valence-corrected chi connectivity index (χ4v) is 6.19. The Kier molecular flexibility index (Phi) is 8.35. The summed E-state index contributed by atoms with van der Waals surface area (Å²) in [6, 6.07) is 0. The van der Waals surface area contributed by atoms with E-state index in [0.717, 1.165) is 19.3 Å². The van der Waals surface area contributed by atoms with Crippen LogP contribution in [-0.2, 0) is 28.6 Å². The second-order valence-corrected chi connectivity index (χ2v) is 10.4. The number of hydrogen-bond acceptors (Lipinski definition) is 6. The van der Waals surface area contributed by atoms with Crippen LogP contribution in [0.4, 0.5) is 0 Å². The van der Waals surface area contributed by atoms with Crippen LogP contribution in [0, 0.1) is 22.7 Å². The molecule has 1 fully saturated rings. The van der Waals surface area contributed by atoms with Crippen LogP contribution in [0.1, 0.15) is 81.1 Å². The van der Waals surface area contributed by atoms with Gasteiger partial charge in [0.25, 0.3) is 0 Å². The molecule has 0 saturated heterocycles. The molecule has 2 rings (SSSR count). The molecule has 0 aromatic rings. The molecule has 6 heteroatoms. The van der Waals surface area contributed by atoms with Crippen molar-refractivity contribution in [2.75, 3.05) is 6.61 Å². The average molecular weight is 449 g/mol.